The Bertz CT molecular complexity index is 360. The van der Waals surface area contributed by atoms with Gasteiger partial charge in [-0.1, -0.05) is 12.1 Å². The second-order valence-corrected chi connectivity index (χ2v) is 3.40. The molecule has 0 radical (unpaired) electrons. The van der Waals surface area contributed by atoms with Crippen LogP contribution >= 0.6 is 0 Å². The summed E-state index contributed by atoms with van der Waals surface area (Å²) in [6.45, 7) is 3.70. The molecule has 0 saturated carbocycles. The first-order valence-corrected chi connectivity index (χ1v) is 4.38. The second kappa shape index (κ2) is 4.05. The molecule has 1 aromatic carbocycles. The standard InChI is InChI=1S/C11H13NO2/c1-7-3-9(5-11(12)14)4-8(2)10(7)6-13/h3-4,6H,5H2,1-2H3,(H2,12,14). The number of benzene rings is 1. The maximum Gasteiger partial charge on any atom is 0.221 e. The maximum atomic E-state index is 10.7. The Hall–Kier alpha value is -1.64. The Labute approximate surface area is 82.9 Å². The molecule has 0 unspecified atom stereocenters. The van der Waals surface area contributed by atoms with Crippen LogP contribution in [0.3, 0.4) is 0 Å². The van der Waals surface area contributed by atoms with Crippen molar-refractivity contribution in [3.8, 4) is 0 Å². The predicted molar refractivity (Wildman–Crippen MR) is 54.2 cm³/mol. The summed E-state index contributed by atoms with van der Waals surface area (Å²) < 4.78 is 0. The molecule has 0 aliphatic rings. The minimum atomic E-state index is -0.359. The minimum Gasteiger partial charge on any atom is -0.369 e. The van der Waals surface area contributed by atoms with Crippen molar-refractivity contribution >= 4 is 12.2 Å². The molecule has 0 fully saturated rings. The number of nitrogens with two attached hydrogens (primary N) is 1. The third-order valence-electron chi connectivity index (χ3n) is 2.15. The van der Waals surface area contributed by atoms with E-state index in [1.54, 1.807) is 0 Å². The smallest absolute Gasteiger partial charge is 0.221 e. The predicted octanol–water partition coefficient (Wildman–Crippen LogP) is 1.14. The first-order valence-electron chi connectivity index (χ1n) is 4.38. The van der Waals surface area contributed by atoms with Gasteiger partial charge in [0.1, 0.15) is 0 Å². The monoisotopic (exact) mass is 191 g/mol. The number of aldehydes is 1. The number of hydrogen-bond donors (Lipinski definition) is 1. The molecule has 1 rings (SSSR count). The first-order chi connectivity index (χ1) is 6.54. The van der Waals surface area contributed by atoms with Gasteiger partial charge in [0.05, 0.1) is 6.42 Å². The normalized spacial score (nSPS) is 9.86. The number of hydrogen-bond acceptors (Lipinski definition) is 2. The van der Waals surface area contributed by atoms with Crippen LogP contribution in [0.25, 0.3) is 0 Å². The van der Waals surface area contributed by atoms with Gasteiger partial charge in [-0.25, -0.2) is 0 Å². The number of carbonyl (C=O) groups excluding carboxylic acids is 2. The Morgan fingerprint density at radius 2 is 1.86 bits per heavy atom. The molecule has 74 valence electrons. The van der Waals surface area contributed by atoms with Crippen molar-refractivity contribution in [2.24, 2.45) is 5.73 Å². The van der Waals surface area contributed by atoms with Gasteiger partial charge in [0.25, 0.3) is 0 Å². The molecule has 0 aromatic heterocycles. The van der Waals surface area contributed by atoms with Gasteiger partial charge in [0.15, 0.2) is 6.29 Å². The van der Waals surface area contributed by atoms with Crippen LogP contribution in [-0.4, -0.2) is 12.2 Å². The fraction of sp³-hybridized carbons (Fsp3) is 0.273. The van der Waals surface area contributed by atoms with Crippen molar-refractivity contribution in [1.29, 1.82) is 0 Å². The molecule has 2 N–H and O–H groups in total. The summed E-state index contributed by atoms with van der Waals surface area (Å²) in [6.07, 6.45) is 1.06. The van der Waals surface area contributed by atoms with Gasteiger partial charge >= 0.3 is 0 Å². The van der Waals surface area contributed by atoms with Crippen molar-refractivity contribution in [3.63, 3.8) is 0 Å². The van der Waals surface area contributed by atoms with E-state index >= 15 is 0 Å². The number of amides is 1. The van der Waals surface area contributed by atoms with Crippen molar-refractivity contribution in [3.05, 3.63) is 34.4 Å². The summed E-state index contributed by atoms with van der Waals surface area (Å²) in [5.41, 5.74) is 8.41. The molecule has 3 nitrogen and oxygen atoms in total. The summed E-state index contributed by atoms with van der Waals surface area (Å²) in [5.74, 6) is -0.359. The Kier molecular flexibility index (Phi) is 3.02. The van der Waals surface area contributed by atoms with Gasteiger partial charge in [-0.05, 0) is 30.5 Å². The Morgan fingerprint density at radius 3 is 2.21 bits per heavy atom. The van der Waals surface area contributed by atoms with Crippen LogP contribution in [0.1, 0.15) is 27.0 Å². The highest BCUT2D eigenvalue weighted by molar-refractivity contribution is 5.81. The first kappa shape index (κ1) is 10.4. The third kappa shape index (κ3) is 2.19. The SMILES string of the molecule is Cc1cc(CC(N)=O)cc(C)c1C=O. The molecular weight excluding hydrogens is 178 g/mol. The van der Waals surface area contributed by atoms with E-state index in [1.807, 2.05) is 26.0 Å². The fourth-order valence-electron chi connectivity index (χ4n) is 1.55. The van der Waals surface area contributed by atoms with Crippen LogP contribution in [0.15, 0.2) is 12.1 Å². The molecule has 0 aliphatic carbocycles. The molecule has 1 amide bonds. The topological polar surface area (TPSA) is 60.2 Å². The molecule has 0 saturated heterocycles. The second-order valence-electron chi connectivity index (χ2n) is 3.40. The van der Waals surface area contributed by atoms with Crippen LogP contribution in [-0.2, 0) is 11.2 Å². The van der Waals surface area contributed by atoms with Crippen molar-refractivity contribution < 1.29 is 9.59 Å². The molecule has 1 aromatic rings. The number of carbonyl (C=O) groups is 2. The lowest BCUT2D eigenvalue weighted by atomic mass is 9.99. The molecule has 0 aliphatic heterocycles. The quantitative estimate of drug-likeness (QED) is 0.728. The zero-order chi connectivity index (χ0) is 10.7. The lowest BCUT2D eigenvalue weighted by Gasteiger charge is -2.06. The molecular formula is C11H13NO2. The van der Waals surface area contributed by atoms with Gasteiger partial charge in [0.2, 0.25) is 5.91 Å². The lowest BCUT2D eigenvalue weighted by Crippen LogP contribution is -2.14. The number of aryl methyl sites for hydroxylation is 2. The van der Waals surface area contributed by atoms with Crippen LogP contribution in [0, 0.1) is 13.8 Å². The average molecular weight is 191 g/mol. The zero-order valence-corrected chi connectivity index (χ0v) is 8.33. The van der Waals surface area contributed by atoms with Gasteiger partial charge < -0.3 is 5.73 Å². The molecule has 0 atom stereocenters. The van der Waals surface area contributed by atoms with Gasteiger partial charge in [-0.2, -0.15) is 0 Å². The zero-order valence-electron chi connectivity index (χ0n) is 8.33. The molecule has 0 heterocycles. The average Bonchev–Trinajstić information content (AvgIpc) is 2.01. The maximum absolute atomic E-state index is 10.7. The van der Waals surface area contributed by atoms with Crippen LogP contribution in [0.4, 0.5) is 0 Å². The van der Waals surface area contributed by atoms with E-state index in [4.69, 9.17) is 5.73 Å². The highest BCUT2D eigenvalue weighted by atomic mass is 16.1. The number of primary amides is 1. The van der Waals surface area contributed by atoms with Gasteiger partial charge in [-0.3, -0.25) is 9.59 Å². The largest absolute Gasteiger partial charge is 0.369 e. The summed E-state index contributed by atoms with van der Waals surface area (Å²) in [6, 6.07) is 3.64. The lowest BCUT2D eigenvalue weighted by molar-refractivity contribution is -0.117. The fourth-order valence-corrected chi connectivity index (χ4v) is 1.55. The van der Waals surface area contributed by atoms with E-state index < -0.39 is 0 Å². The molecule has 0 spiro atoms. The summed E-state index contributed by atoms with van der Waals surface area (Å²) in [7, 11) is 0. The number of rotatable bonds is 3. The molecule has 3 heteroatoms. The van der Waals surface area contributed by atoms with Crippen LogP contribution in [0.5, 0.6) is 0 Å². The van der Waals surface area contributed by atoms with Crippen molar-refractivity contribution in [1.82, 2.24) is 0 Å². The highest BCUT2D eigenvalue weighted by Gasteiger charge is 2.05. The van der Waals surface area contributed by atoms with E-state index in [0.717, 1.165) is 23.0 Å². The van der Waals surface area contributed by atoms with E-state index in [9.17, 15) is 9.59 Å². The summed E-state index contributed by atoms with van der Waals surface area (Å²) >= 11 is 0. The minimum absolute atomic E-state index is 0.223. The molecule has 14 heavy (non-hydrogen) atoms. The van der Waals surface area contributed by atoms with E-state index in [0.29, 0.717) is 5.56 Å². The van der Waals surface area contributed by atoms with Crippen molar-refractivity contribution in [2.75, 3.05) is 0 Å². The Balaban J connectivity index is 3.13. The van der Waals surface area contributed by atoms with Gasteiger partial charge in [-0.15, -0.1) is 0 Å². The van der Waals surface area contributed by atoms with Crippen LogP contribution in [0.2, 0.25) is 0 Å². The van der Waals surface area contributed by atoms with Crippen molar-refractivity contribution in [2.45, 2.75) is 20.3 Å². The van der Waals surface area contributed by atoms with E-state index in [1.165, 1.54) is 0 Å². The Morgan fingerprint density at radius 1 is 1.36 bits per heavy atom. The van der Waals surface area contributed by atoms with E-state index in [-0.39, 0.29) is 12.3 Å². The summed E-state index contributed by atoms with van der Waals surface area (Å²) in [5, 5.41) is 0. The highest BCUT2D eigenvalue weighted by Crippen LogP contribution is 2.15. The van der Waals surface area contributed by atoms with E-state index in [2.05, 4.69) is 0 Å². The molecule has 0 bridgehead atoms. The van der Waals surface area contributed by atoms with Gasteiger partial charge in [0, 0.05) is 5.56 Å². The summed E-state index contributed by atoms with van der Waals surface area (Å²) in [4.78, 5) is 21.4. The van der Waals surface area contributed by atoms with Crippen LogP contribution < -0.4 is 5.73 Å². The third-order valence-corrected chi connectivity index (χ3v) is 2.15.